The van der Waals surface area contributed by atoms with E-state index < -0.39 is 12.0 Å². The predicted octanol–water partition coefficient (Wildman–Crippen LogP) is 0.623. The number of anilines is 1. The van der Waals surface area contributed by atoms with E-state index in [0.717, 1.165) is 22.2 Å². The van der Waals surface area contributed by atoms with Crippen molar-refractivity contribution in [1.29, 1.82) is 0 Å². The van der Waals surface area contributed by atoms with Gasteiger partial charge in [-0.05, 0) is 13.8 Å². The fourth-order valence-corrected chi connectivity index (χ4v) is 2.72. The van der Waals surface area contributed by atoms with Gasteiger partial charge in [-0.1, -0.05) is 0 Å². The number of carbonyl (C=O) groups is 1. The van der Waals surface area contributed by atoms with Crippen LogP contribution >= 0.6 is 11.3 Å². The summed E-state index contributed by atoms with van der Waals surface area (Å²) in [6.45, 7) is 5.94. The number of hydrogen-bond acceptors (Lipinski definition) is 5. The summed E-state index contributed by atoms with van der Waals surface area (Å²) in [6, 6.07) is -0.501. The van der Waals surface area contributed by atoms with Crippen molar-refractivity contribution in [2.75, 3.05) is 24.5 Å². The number of hydrogen-bond donors (Lipinski definition) is 2. The highest BCUT2D eigenvalue weighted by Crippen LogP contribution is 2.27. The summed E-state index contributed by atoms with van der Waals surface area (Å²) in [6.07, 6.45) is 0. The second kappa shape index (κ2) is 4.39. The summed E-state index contributed by atoms with van der Waals surface area (Å²) in [5.41, 5.74) is 0.989. The Morgan fingerprint density at radius 2 is 2.38 bits per heavy atom. The van der Waals surface area contributed by atoms with Crippen molar-refractivity contribution in [3.05, 3.63) is 10.6 Å². The smallest absolute Gasteiger partial charge is 0.327 e. The van der Waals surface area contributed by atoms with Gasteiger partial charge in [0.05, 0.1) is 5.69 Å². The van der Waals surface area contributed by atoms with E-state index in [0.29, 0.717) is 13.1 Å². The summed E-state index contributed by atoms with van der Waals surface area (Å²) in [5.74, 6) is -0.794. The van der Waals surface area contributed by atoms with Crippen molar-refractivity contribution in [1.82, 2.24) is 10.3 Å². The lowest BCUT2D eigenvalue weighted by atomic mass is 10.2. The van der Waals surface area contributed by atoms with E-state index >= 15 is 0 Å². The maximum absolute atomic E-state index is 11.1. The van der Waals surface area contributed by atoms with Crippen LogP contribution in [0.2, 0.25) is 0 Å². The van der Waals surface area contributed by atoms with Crippen LogP contribution in [-0.4, -0.2) is 41.7 Å². The maximum Gasteiger partial charge on any atom is 0.327 e. The van der Waals surface area contributed by atoms with E-state index in [1.165, 1.54) is 0 Å². The molecule has 1 aromatic heterocycles. The Morgan fingerprint density at radius 3 is 2.94 bits per heavy atom. The van der Waals surface area contributed by atoms with E-state index in [4.69, 9.17) is 5.11 Å². The summed E-state index contributed by atoms with van der Waals surface area (Å²) in [4.78, 5) is 18.6. The molecule has 88 valence electrons. The van der Waals surface area contributed by atoms with Crippen molar-refractivity contribution in [3.8, 4) is 0 Å². The van der Waals surface area contributed by atoms with Crippen LogP contribution in [-0.2, 0) is 4.79 Å². The van der Waals surface area contributed by atoms with Crippen molar-refractivity contribution in [2.24, 2.45) is 0 Å². The molecule has 2 rings (SSSR count). The standard InChI is InChI=1S/C10H15N3O2S/c1-6-7(2)16-10(12-6)13-4-3-11-5-8(13)9(14)15/h8,11H,3-5H2,1-2H3,(H,14,15). The molecule has 5 nitrogen and oxygen atoms in total. The zero-order chi connectivity index (χ0) is 11.7. The van der Waals surface area contributed by atoms with Gasteiger partial charge in [0.15, 0.2) is 5.13 Å². The molecule has 1 fully saturated rings. The summed E-state index contributed by atoms with van der Waals surface area (Å²) in [5, 5.41) is 13.1. The van der Waals surface area contributed by atoms with E-state index in [1.807, 2.05) is 18.7 Å². The first kappa shape index (κ1) is 11.3. The quantitative estimate of drug-likeness (QED) is 0.794. The molecule has 0 amide bonds. The predicted molar refractivity (Wildman–Crippen MR) is 63.2 cm³/mol. The number of rotatable bonds is 2. The van der Waals surface area contributed by atoms with Gasteiger partial charge in [-0.2, -0.15) is 0 Å². The van der Waals surface area contributed by atoms with Gasteiger partial charge in [0.2, 0.25) is 0 Å². The number of carboxylic acid groups (broad SMARTS) is 1. The lowest BCUT2D eigenvalue weighted by molar-refractivity contribution is -0.138. The Morgan fingerprint density at radius 1 is 1.62 bits per heavy atom. The second-order valence-corrected chi connectivity index (χ2v) is 5.07. The number of aryl methyl sites for hydroxylation is 2. The lowest BCUT2D eigenvalue weighted by Gasteiger charge is -2.33. The molecule has 2 heterocycles. The fourth-order valence-electron chi connectivity index (χ4n) is 1.73. The Bertz CT molecular complexity index is 385. The Balaban J connectivity index is 2.26. The first-order valence-electron chi connectivity index (χ1n) is 5.24. The van der Waals surface area contributed by atoms with Gasteiger partial charge in [0.25, 0.3) is 0 Å². The first-order chi connectivity index (χ1) is 7.59. The number of aliphatic carboxylic acids is 1. The Kier molecular flexibility index (Phi) is 3.11. The molecular weight excluding hydrogens is 226 g/mol. The van der Waals surface area contributed by atoms with Gasteiger partial charge in [-0.25, -0.2) is 9.78 Å². The number of aromatic nitrogens is 1. The van der Waals surface area contributed by atoms with Gasteiger partial charge in [0, 0.05) is 24.5 Å². The number of carboxylic acids is 1. The molecular formula is C10H15N3O2S. The number of nitrogens with one attached hydrogen (secondary N) is 1. The van der Waals surface area contributed by atoms with Crippen LogP contribution in [0.25, 0.3) is 0 Å². The van der Waals surface area contributed by atoms with Crippen molar-refractivity contribution < 1.29 is 9.90 Å². The van der Waals surface area contributed by atoms with Gasteiger partial charge in [-0.15, -0.1) is 11.3 Å². The van der Waals surface area contributed by atoms with E-state index in [9.17, 15) is 4.79 Å². The highest BCUT2D eigenvalue weighted by molar-refractivity contribution is 7.15. The Hall–Kier alpha value is -1.14. The van der Waals surface area contributed by atoms with Crippen molar-refractivity contribution in [3.63, 3.8) is 0 Å². The topological polar surface area (TPSA) is 65.5 Å². The van der Waals surface area contributed by atoms with Crippen LogP contribution < -0.4 is 10.2 Å². The minimum Gasteiger partial charge on any atom is -0.480 e. The molecule has 0 aromatic carbocycles. The third-order valence-corrected chi connectivity index (χ3v) is 3.90. The lowest BCUT2D eigenvalue weighted by Crippen LogP contribution is -2.55. The maximum atomic E-state index is 11.1. The normalized spacial score (nSPS) is 21.1. The molecule has 1 unspecified atom stereocenters. The zero-order valence-electron chi connectivity index (χ0n) is 9.36. The van der Waals surface area contributed by atoms with Crippen molar-refractivity contribution >= 4 is 22.4 Å². The summed E-state index contributed by atoms with van der Waals surface area (Å²) >= 11 is 1.57. The summed E-state index contributed by atoms with van der Waals surface area (Å²) < 4.78 is 0. The van der Waals surface area contributed by atoms with Gasteiger partial charge >= 0.3 is 5.97 Å². The molecule has 1 atom stereocenters. The number of nitrogens with zero attached hydrogens (tertiary/aromatic N) is 2. The first-order valence-corrected chi connectivity index (χ1v) is 6.05. The molecule has 1 saturated heterocycles. The van der Waals surface area contributed by atoms with Crippen molar-refractivity contribution in [2.45, 2.75) is 19.9 Å². The molecule has 0 aliphatic carbocycles. The molecule has 0 radical (unpaired) electrons. The number of piperazine rings is 1. The molecule has 1 aliphatic rings. The van der Waals surface area contributed by atoms with Crippen LogP contribution in [0.5, 0.6) is 0 Å². The van der Waals surface area contributed by atoms with E-state index in [-0.39, 0.29) is 0 Å². The minimum absolute atomic E-state index is 0.479. The monoisotopic (exact) mass is 241 g/mol. The van der Waals surface area contributed by atoms with Crippen LogP contribution in [0.3, 0.4) is 0 Å². The molecule has 0 spiro atoms. The number of thiazole rings is 1. The molecule has 1 aliphatic heterocycles. The van der Waals surface area contributed by atoms with Crippen LogP contribution in [0.1, 0.15) is 10.6 Å². The third-order valence-electron chi connectivity index (χ3n) is 2.79. The van der Waals surface area contributed by atoms with Gasteiger partial charge in [-0.3, -0.25) is 0 Å². The van der Waals surface area contributed by atoms with Crippen LogP contribution in [0.4, 0.5) is 5.13 Å². The molecule has 16 heavy (non-hydrogen) atoms. The van der Waals surface area contributed by atoms with Gasteiger partial charge in [0.1, 0.15) is 6.04 Å². The molecule has 0 bridgehead atoms. The SMILES string of the molecule is Cc1nc(N2CCNCC2C(=O)O)sc1C. The van der Waals surface area contributed by atoms with E-state index in [1.54, 1.807) is 11.3 Å². The highest BCUT2D eigenvalue weighted by Gasteiger charge is 2.30. The van der Waals surface area contributed by atoms with Crippen LogP contribution in [0, 0.1) is 13.8 Å². The second-order valence-electron chi connectivity index (χ2n) is 3.89. The van der Waals surface area contributed by atoms with Crippen LogP contribution in [0.15, 0.2) is 0 Å². The minimum atomic E-state index is -0.794. The molecule has 6 heteroatoms. The van der Waals surface area contributed by atoms with E-state index in [2.05, 4.69) is 10.3 Å². The average molecular weight is 241 g/mol. The molecule has 2 N–H and O–H groups in total. The largest absolute Gasteiger partial charge is 0.480 e. The molecule has 0 saturated carbocycles. The third kappa shape index (κ3) is 2.03. The zero-order valence-corrected chi connectivity index (χ0v) is 10.2. The average Bonchev–Trinajstić information content (AvgIpc) is 2.59. The highest BCUT2D eigenvalue weighted by atomic mass is 32.1. The van der Waals surface area contributed by atoms with Gasteiger partial charge < -0.3 is 15.3 Å². The summed E-state index contributed by atoms with van der Waals surface area (Å²) in [7, 11) is 0. The fraction of sp³-hybridized carbons (Fsp3) is 0.600. The Labute approximate surface area is 98.1 Å². The molecule has 1 aromatic rings.